The van der Waals surface area contributed by atoms with Gasteiger partial charge in [0.2, 0.25) is 0 Å². The molecule has 0 aliphatic rings. The number of guanidine groups is 1. The van der Waals surface area contributed by atoms with Crippen LogP contribution in [-0.2, 0) is 6.54 Å². The van der Waals surface area contributed by atoms with Gasteiger partial charge in [-0.25, -0.2) is 4.99 Å². The van der Waals surface area contributed by atoms with Crippen LogP contribution in [0.3, 0.4) is 0 Å². The number of hydrogen-bond donors (Lipinski definition) is 2. The van der Waals surface area contributed by atoms with E-state index in [0.717, 1.165) is 25.6 Å². The second kappa shape index (κ2) is 10.6. The molecule has 0 atom stereocenters. The van der Waals surface area contributed by atoms with Crippen molar-refractivity contribution < 1.29 is 0 Å². The number of rotatable bonds is 6. The largest absolute Gasteiger partial charge is 0.357 e. The molecular formula is C13H24IN3S. The third kappa shape index (κ3) is 6.58. The first-order chi connectivity index (χ1) is 8.27. The Hall–Kier alpha value is -0.300. The molecule has 0 saturated heterocycles. The van der Waals surface area contributed by atoms with E-state index >= 15 is 0 Å². The van der Waals surface area contributed by atoms with Crippen molar-refractivity contribution in [2.24, 2.45) is 4.99 Å². The monoisotopic (exact) mass is 381 g/mol. The molecule has 1 heterocycles. The van der Waals surface area contributed by atoms with Crippen molar-refractivity contribution in [2.45, 2.75) is 40.2 Å². The number of halogens is 1. The van der Waals surface area contributed by atoms with Gasteiger partial charge in [-0.05, 0) is 37.3 Å². The molecule has 0 aliphatic heterocycles. The van der Waals surface area contributed by atoms with Crippen LogP contribution in [0.4, 0.5) is 0 Å². The Balaban J connectivity index is 0.00000289. The molecule has 3 nitrogen and oxygen atoms in total. The minimum atomic E-state index is 0. The third-order valence-corrected chi connectivity index (χ3v) is 3.52. The zero-order valence-corrected chi connectivity index (χ0v) is 14.6. The van der Waals surface area contributed by atoms with Crippen molar-refractivity contribution >= 4 is 41.3 Å². The molecule has 5 heteroatoms. The van der Waals surface area contributed by atoms with E-state index in [1.807, 2.05) is 0 Å². The second-order valence-corrected chi connectivity index (χ2v) is 5.00. The summed E-state index contributed by atoms with van der Waals surface area (Å²) in [6, 6.07) is 2.15. The van der Waals surface area contributed by atoms with Crippen LogP contribution in [0.25, 0.3) is 0 Å². The maximum atomic E-state index is 4.59. The van der Waals surface area contributed by atoms with Crippen LogP contribution in [0.15, 0.2) is 16.4 Å². The Labute approximate surface area is 131 Å². The van der Waals surface area contributed by atoms with Gasteiger partial charge in [-0.2, -0.15) is 0 Å². The first-order valence-electron chi connectivity index (χ1n) is 6.33. The maximum Gasteiger partial charge on any atom is 0.191 e. The fourth-order valence-electron chi connectivity index (χ4n) is 1.44. The predicted octanol–water partition coefficient (Wildman–Crippen LogP) is 3.53. The van der Waals surface area contributed by atoms with E-state index in [1.54, 1.807) is 11.3 Å². The van der Waals surface area contributed by atoms with E-state index in [2.05, 4.69) is 47.8 Å². The summed E-state index contributed by atoms with van der Waals surface area (Å²) in [6.07, 6.45) is 2.39. The fraction of sp³-hybridized carbons (Fsp3) is 0.615. The smallest absolute Gasteiger partial charge is 0.191 e. The molecule has 0 fully saturated rings. The molecule has 1 aromatic heterocycles. The van der Waals surface area contributed by atoms with Crippen molar-refractivity contribution in [3.05, 3.63) is 21.9 Å². The lowest BCUT2D eigenvalue weighted by Crippen LogP contribution is -2.37. The zero-order valence-electron chi connectivity index (χ0n) is 11.5. The van der Waals surface area contributed by atoms with Gasteiger partial charge >= 0.3 is 0 Å². The lowest BCUT2D eigenvalue weighted by atomic mass is 10.3. The van der Waals surface area contributed by atoms with Crippen molar-refractivity contribution in [2.75, 3.05) is 13.1 Å². The van der Waals surface area contributed by atoms with Gasteiger partial charge in [0, 0.05) is 18.0 Å². The van der Waals surface area contributed by atoms with Crippen LogP contribution in [0.2, 0.25) is 0 Å². The minimum absolute atomic E-state index is 0. The molecule has 0 amide bonds. The number of hydrogen-bond acceptors (Lipinski definition) is 2. The zero-order chi connectivity index (χ0) is 12.5. The van der Waals surface area contributed by atoms with Crippen LogP contribution in [-0.4, -0.2) is 19.0 Å². The Morgan fingerprint density at radius 1 is 1.33 bits per heavy atom. The average molecular weight is 381 g/mol. The lowest BCUT2D eigenvalue weighted by Gasteiger charge is -2.10. The van der Waals surface area contributed by atoms with Gasteiger partial charge < -0.3 is 10.6 Å². The molecule has 0 bridgehead atoms. The van der Waals surface area contributed by atoms with Crippen molar-refractivity contribution in [1.82, 2.24) is 10.6 Å². The minimum Gasteiger partial charge on any atom is -0.357 e. The van der Waals surface area contributed by atoms with Crippen LogP contribution < -0.4 is 10.6 Å². The van der Waals surface area contributed by atoms with Gasteiger partial charge in [0.15, 0.2) is 5.96 Å². The van der Waals surface area contributed by atoms with Crippen molar-refractivity contribution in [3.8, 4) is 0 Å². The Kier molecular flexibility index (Phi) is 10.4. The van der Waals surface area contributed by atoms with Gasteiger partial charge in [0.05, 0.1) is 6.54 Å². The highest BCUT2D eigenvalue weighted by Crippen LogP contribution is 2.16. The number of aliphatic imine (C=N–C) groups is 1. The summed E-state index contributed by atoms with van der Waals surface area (Å²) in [7, 11) is 0. The van der Waals surface area contributed by atoms with E-state index in [1.165, 1.54) is 23.3 Å². The van der Waals surface area contributed by atoms with Gasteiger partial charge in [-0.1, -0.05) is 13.3 Å². The number of nitrogens with zero attached hydrogens (tertiary/aromatic N) is 1. The van der Waals surface area contributed by atoms with E-state index in [-0.39, 0.29) is 24.0 Å². The summed E-state index contributed by atoms with van der Waals surface area (Å²) in [5.41, 5.74) is 1.34. The Morgan fingerprint density at radius 3 is 2.67 bits per heavy atom. The number of thiophene rings is 1. The Bertz CT molecular complexity index is 350. The quantitative estimate of drug-likeness (QED) is 0.342. The highest BCUT2D eigenvalue weighted by Gasteiger charge is 2.00. The summed E-state index contributed by atoms with van der Waals surface area (Å²) < 4.78 is 0. The number of nitrogens with one attached hydrogen (secondary N) is 2. The lowest BCUT2D eigenvalue weighted by molar-refractivity contribution is 0.730. The highest BCUT2D eigenvalue weighted by atomic mass is 127. The topological polar surface area (TPSA) is 36.4 Å². The second-order valence-electron chi connectivity index (χ2n) is 4.00. The maximum absolute atomic E-state index is 4.59. The highest BCUT2D eigenvalue weighted by molar-refractivity contribution is 14.0. The standard InChI is InChI=1S/C13H23N3S.HI/c1-4-6-8-15-13(14-5-2)16-10-12-11(3)7-9-17-12;/h7,9H,4-6,8,10H2,1-3H3,(H2,14,15,16);1H. The normalized spacial score (nSPS) is 10.9. The van der Waals surface area contributed by atoms with Crippen LogP contribution in [0.1, 0.15) is 37.1 Å². The summed E-state index contributed by atoms with van der Waals surface area (Å²) in [5, 5.41) is 8.74. The molecule has 1 rings (SSSR count). The summed E-state index contributed by atoms with van der Waals surface area (Å²) in [4.78, 5) is 5.94. The van der Waals surface area contributed by atoms with Crippen LogP contribution >= 0.6 is 35.3 Å². The molecule has 0 unspecified atom stereocenters. The van der Waals surface area contributed by atoms with E-state index < -0.39 is 0 Å². The van der Waals surface area contributed by atoms with E-state index in [0.29, 0.717) is 0 Å². The van der Waals surface area contributed by atoms with Crippen LogP contribution in [0.5, 0.6) is 0 Å². The summed E-state index contributed by atoms with van der Waals surface area (Å²) in [6.45, 7) is 9.09. The molecule has 0 aliphatic carbocycles. The van der Waals surface area contributed by atoms with E-state index in [9.17, 15) is 0 Å². The molecule has 18 heavy (non-hydrogen) atoms. The third-order valence-electron chi connectivity index (χ3n) is 2.52. The Morgan fingerprint density at radius 2 is 2.11 bits per heavy atom. The molecule has 0 saturated carbocycles. The van der Waals surface area contributed by atoms with Crippen molar-refractivity contribution in [3.63, 3.8) is 0 Å². The molecule has 104 valence electrons. The molecule has 0 radical (unpaired) electrons. The molecule has 1 aromatic rings. The molecule has 2 N–H and O–H groups in total. The fourth-order valence-corrected chi connectivity index (χ4v) is 2.27. The predicted molar refractivity (Wildman–Crippen MR) is 92.2 cm³/mol. The summed E-state index contributed by atoms with van der Waals surface area (Å²) in [5.74, 6) is 0.925. The van der Waals surface area contributed by atoms with Gasteiger partial charge in [0.25, 0.3) is 0 Å². The average Bonchev–Trinajstić information content (AvgIpc) is 2.72. The van der Waals surface area contributed by atoms with Crippen molar-refractivity contribution in [1.29, 1.82) is 0 Å². The molecule has 0 aromatic carbocycles. The van der Waals surface area contributed by atoms with Gasteiger partial charge in [-0.15, -0.1) is 35.3 Å². The molecule has 0 spiro atoms. The first kappa shape index (κ1) is 17.7. The molecular weight excluding hydrogens is 357 g/mol. The SMILES string of the molecule is CCCCNC(=NCc1sccc1C)NCC.I. The van der Waals surface area contributed by atoms with E-state index in [4.69, 9.17) is 0 Å². The van der Waals surface area contributed by atoms with Crippen LogP contribution in [0, 0.1) is 6.92 Å². The van der Waals surface area contributed by atoms with Gasteiger partial charge in [0.1, 0.15) is 0 Å². The number of aryl methyl sites for hydroxylation is 1. The first-order valence-corrected chi connectivity index (χ1v) is 7.21. The number of unbranched alkanes of at least 4 members (excludes halogenated alkanes) is 1. The van der Waals surface area contributed by atoms with Gasteiger partial charge in [-0.3, -0.25) is 0 Å². The summed E-state index contributed by atoms with van der Waals surface area (Å²) >= 11 is 1.78.